The fraction of sp³-hybridized carbons (Fsp3) is 0.857. The average Bonchev–Trinajstić information content (AvgIpc) is 2.31. The molecule has 4 N–H and O–H groups in total. The van der Waals surface area contributed by atoms with Crippen LogP contribution in [-0.2, 0) is 9.59 Å². The monoisotopic (exact) mass is 269 g/mol. The lowest BCUT2D eigenvalue weighted by Gasteiger charge is -2.31. The molecule has 5 nitrogen and oxygen atoms in total. The van der Waals surface area contributed by atoms with E-state index in [1.54, 1.807) is 0 Å². The molecule has 0 aromatic heterocycles. The van der Waals surface area contributed by atoms with E-state index in [0.717, 1.165) is 19.3 Å². The van der Waals surface area contributed by atoms with Crippen molar-refractivity contribution in [1.29, 1.82) is 0 Å². The maximum absolute atomic E-state index is 12.1. The molecule has 5 heteroatoms. The number of hydrogen-bond donors (Lipinski definition) is 3. The maximum atomic E-state index is 12.1. The van der Waals surface area contributed by atoms with Gasteiger partial charge in [0.25, 0.3) is 0 Å². The Morgan fingerprint density at radius 3 is 2.63 bits per heavy atom. The second-order valence-electron chi connectivity index (χ2n) is 5.92. The number of carbonyl (C=O) groups excluding carboxylic acids is 2. The third-order valence-electron chi connectivity index (χ3n) is 3.67. The van der Waals surface area contributed by atoms with Crippen molar-refractivity contribution in [2.24, 2.45) is 17.6 Å². The normalized spacial score (nSPS) is 27.1. The zero-order valence-electron chi connectivity index (χ0n) is 12.2. The van der Waals surface area contributed by atoms with Crippen LogP contribution >= 0.6 is 0 Å². The van der Waals surface area contributed by atoms with Gasteiger partial charge in [-0.2, -0.15) is 0 Å². The first-order valence-electron chi connectivity index (χ1n) is 7.22. The van der Waals surface area contributed by atoms with Gasteiger partial charge in [0.1, 0.15) is 0 Å². The van der Waals surface area contributed by atoms with Crippen LogP contribution in [-0.4, -0.2) is 30.4 Å². The van der Waals surface area contributed by atoms with Crippen LogP contribution in [0.4, 0.5) is 0 Å². The first kappa shape index (κ1) is 16.0. The molecule has 3 atom stereocenters. The van der Waals surface area contributed by atoms with Crippen molar-refractivity contribution in [2.45, 2.75) is 58.5 Å². The smallest absolute Gasteiger partial charge is 0.223 e. The minimum atomic E-state index is -0.0244. The fourth-order valence-corrected chi connectivity index (χ4v) is 2.54. The fourth-order valence-electron chi connectivity index (χ4n) is 2.54. The van der Waals surface area contributed by atoms with Gasteiger partial charge in [-0.3, -0.25) is 9.59 Å². The molecule has 110 valence electrons. The lowest BCUT2D eigenvalue weighted by Crippen LogP contribution is -2.42. The highest BCUT2D eigenvalue weighted by Gasteiger charge is 2.30. The largest absolute Gasteiger partial charge is 0.355 e. The molecule has 1 fully saturated rings. The lowest BCUT2D eigenvalue weighted by atomic mass is 9.78. The Kier molecular flexibility index (Phi) is 6.28. The predicted octanol–water partition coefficient (Wildman–Crippen LogP) is 0.781. The van der Waals surface area contributed by atoms with Gasteiger partial charge in [-0.25, -0.2) is 0 Å². The van der Waals surface area contributed by atoms with Crippen LogP contribution in [0.3, 0.4) is 0 Å². The number of nitrogens with one attached hydrogen (secondary N) is 2. The van der Waals surface area contributed by atoms with E-state index < -0.39 is 0 Å². The van der Waals surface area contributed by atoms with Gasteiger partial charge in [0.2, 0.25) is 11.8 Å². The van der Waals surface area contributed by atoms with Crippen LogP contribution in [0, 0.1) is 11.8 Å². The second-order valence-corrected chi connectivity index (χ2v) is 5.92. The molecule has 3 unspecified atom stereocenters. The maximum Gasteiger partial charge on any atom is 0.223 e. The summed E-state index contributed by atoms with van der Waals surface area (Å²) in [4.78, 5) is 23.5. The molecule has 0 aromatic rings. The second kappa shape index (κ2) is 7.48. The molecule has 0 aliphatic heterocycles. The summed E-state index contributed by atoms with van der Waals surface area (Å²) in [6.07, 6.45) is 3.09. The molecule has 0 spiro atoms. The van der Waals surface area contributed by atoms with E-state index in [0.29, 0.717) is 18.9 Å². The summed E-state index contributed by atoms with van der Waals surface area (Å²) < 4.78 is 0. The molecule has 0 saturated heterocycles. The molecule has 2 amide bonds. The highest BCUT2D eigenvalue weighted by molar-refractivity contribution is 5.80. The summed E-state index contributed by atoms with van der Waals surface area (Å²) in [5.74, 6) is 0.393. The van der Waals surface area contributed by atoms with E-state index >= 15 is 0 Å². The van der Waals surface area contributed by atoms with Crippen LogP contribution in [0.2, 0.25) is 0 Å². The lowest BCUT2D eigenvalue weighted by molar-refractivity contribution is -0.128. The first-order chi connectivity index (χ1) is 8.90. The van der Waals surface area contributed by atoms with E-state index in [2.05, 4.69) is 17.6 Å². The number of rotatable bonds is 5. The minimum Gasteiger partial charge on any atom is -0.355 e. The van der Waals surface area contributed by atoms with Gasteiger partial charge in [-0.15, -0.1) is 0 Å². The van der Waals surface area contributed by atoms with Crippen molar-refractivity contribution in [2.75, 3.05) is 6.54 Å². The third kappa shape index (κ3) is 5.59. The Morgan fingerprint density at radius 1 is 1.32 bits per heavy atom. The quantitative estimate of drug-likeness (QED) is 0.689. The van der Waals surface area contributed by atoms with Crippen molar-refractivity contribution >= 4 is 11.8 Å². The highest BCUT2D eigenvalue weighted by atomic mass is 16.2. The summed E-state index contributed by atoms with van der Waals surface area (Å²) in [6.45, 7) is 6.33. The molecule has 0 heterocycles. The van der Waals surface area contributed by atoms with E-state index in [1.165, 1.54) is 0 Å². The Labute approximate surface area is 115 Å². The molecule has 19 heavy (non-hydrogen) atoms. The van der Waals surface area contributed by atoms with Crippen LogP contribution in [0.15, 0.2) is 0 Å². The number of carbonyl (C=O) groups is 2. The Morgan fingerprint density at radius 2 is 2.00 bits per heavy atom. The van der Waals surface area contributed by atoms with Crippen LogP contribution in [0.5, 0.6) is 0 Å². The van der Waals surface area contributed by atoms with Gasteiger partial charge < -0.3 is 16.4 Å². The van der Waals surface area contributed by atoms with Crippen molar-refractivity contribution < 1.29 is 9.59 Å². The average molecular weight is 269 g/mol. The standard InChI is InChI=1S/C14H27N3O2/c1-9(2)17-13(18)6-7-16-14(19)12-8-11(15)5-4-10(12)3/h9-12H,4-8,15H2,1-3H3,(H,16,19)(H,17,18). The van der Waals surface area contributed by atoms with E-state index in [-0.39, 0.29) is 29.8 Å². The van der Waals surface area contributed by atoms with E-state index in [4.69, 9.17) is 5.73 Å². The molecule has 1 rings (SSSR count). The predicted molar refractivity (Wildman–Crippen MR) is 75.4 cm³/mol. The van der Waals surface area contributed by atoms with Crippen LogP contribution in [0.1, 0.15) is 46.5 Å². The molecule has 1 aliphatic rings. The van der Waals surface area contributed by atoms with Crippen molar-refractivity contribution in [1.82, 2.24) is 10.6 Å². The van der Waals surface area contributed by atoms with Crippen LogP contribution in [0.25, 0.3) is 0 Å². The van der Waals surface area contributed by atoms with Gasteiger partial charge >= 0.3 is 0 Å². The van der Waals surface area contributed by atoms with Gasteiger partial charge in [0, 0.05) is 31.0 Å². The van der Waals surface area contributed by atoms with Gasteiger partial charge in [0.15, 0.2) is 0 Å². The van der Waals surface area contributed by atoms with E-state index in [1.807, 2.05) is 13.8 Å². The molecule has 0 aromatic carbocycles. The SMILES string of the molecule is CC(C)NC(=O)CCNC(=O)C1CC(N)CCC1C. The summed E-state index contributed by atoms with van der Waals surface area (Å²) in [7, 11) is 0. The van der Waals surface area contributed by atoms with Gasteiger partial charge in [0.05, 0.1) is 0 Å². The van der Waals surface area contributed by atoms with Crippen molar-refractivity contribution in [3.8, 4) is 0 Å². The molecular formula is C14H27N3O2. The van der Waals surface area contributed by atoms with E-state index in [9.17, 15) is 9.59 Å². The molecular weight excluding hydrogens is 242 g/mol. The number of nitrogens with two attached hydrogens (primary N) is 1. The zero-order valence-corrected chi connectivity index (χ0v) is 12.2. The summed E-state index contributed by atoms with van der Waals surface area (Å²) in [5.41, 5.74) is 5.91. The zero-order chi connectivity index (χ0) is 14.4. The molecule has 0 bridgehead atoms. The highest BCUT2D eigenvalue weighted by Crippen LogP contribution is 2.29. The third-order valence-corrected chi connectivity index (χ3v) is 3.67. The van der Waals surface area contributed by atoms with Gasteiger partial charge in [-0.05, 0) is 39.0 Å². The molecule has 0 radical (unpaired) electrons. The Balaban J connectivity index is 2.28. The van der Waals surface area contributed by atoms with Gasteiger partial charge in [-0.1, -0.05) is 6.92 Å². The Hall–Kier alpha value is -1.10. The summed E-state index contributed by atoms with van der Waals surface area (Å²) >= 11 is 0. The first-order valence-corrected chi connectivity index (χ1v) is 7.22. The minimum absolute atomic E-state index is 0.00286. The number of hydrogen-bond acceptors (Lipinski definition) is 3. The van der Waals surface area contributed by atoms with Crippen molar-refractivity contribution in [3.05, 3.63) is 0 Å². The Bertz CT molecular complexity index is 318. The topological polar surface area (TPSA) is 84.2 Å². The van der Waals surface area contributed by atoms with Crippen molar-refractivity contribution in [3.63, 3.8) is 0 Å². The summed E-state index contributed by atoms with van der Waals surface area (Å²) in [6, 6.07) is 0.274. The molecule has 1 saturated carbocycles. The number of amides is 2. The van der Waals surface area contributed by atoms with Crippen LogP contribution < -0.4 is 16.4 Å². The molecule has 1 aliphatic carbocycles. The summed E-state index contributed by atoms with van der Waals surface area (Å²) in [5, 5.41) is 5.65.